The van der Waals surface area contributed by atoms with E-state index in [4.69, 9.17) is 5.73 Å². The Morgan fingerprint density at radius 1 is 0.963 bits per heavy atom. The van der Waals surface area contributed by atoms with E-state index >= 15 is 0 Å². The quantitative estimate of drug-likeness (QED) is 0.680. The molecule has 2 aromatic carbocycles. The predicted octanol–water partition coefficient (Wildman–Crippen LogP) is 2.59. The van der Waals surface area contributed by atoms with Crippen molar-refractivity contribution < 1.29 is 9.59 Å². The lowest BCUT2D eigenvalue weighted by molar-refractivity contribution is -0.128. The van der Waals surface area contributed by atoms with Crippen LogP contribution in [0.3, 0.4) is 0 Å². The molecule has 1 atom stereocenters. The number of rotatable bonds is 7. The van der Waals surface area contributed by atoms with E-state index in [2.05, 4.69) is 10.6 Å². The summed E-state index contributed by atoms with van der Waals surface area (Å²) in [5, 5.41) is 5.67. The van der Waals surface area contributed by atoms with Gasteiger partial charge in [0.1, 0.15) is 0 Å². The molecule has 0 aliphatic carbocycles. The average Bonchev–Trinajstić information content (AvgIpc) is 2.66. The summed E-state index contributed by atoms with van der Waals surface area (Å²) in [5.41, 5.74) is 7.03. The molecule has 0 radical (unpaired) electrons. The molecule has 0 spiro atoms. The van der Waals surface area contributed by atoms with Crippen LogP contribution in [0.1, 0.15) is 31.9 Å². The van der Waals surface area contributed by atoms with Crippen LogP contribution in [0.15, 0.2) is 60.7 Å². The number of halogens is 1. The first-order chi connectivity index (χ1) is 12.3. The van der Waals surface area contributed by atoms with E-state index in [-0.39, 0.29) is 36.7 Å². The van der Waals surface area contributed by atoms with E-state index in [9.17, 15) is 9.59 Å². The van der Waals surface area contributed by atoms with E-state index in [0.29, 0.717) is 0 Å². The standard InChI is InChI=1S/C21H27N3O2.ClH/c1-15(2)19(22)20(26)23-14-18(25)24-21(3,16-10-6-4-7-11-16)17-12-8-5-9-13-17;/h4-13,15,19H,14,22H2,1-3H3,(H,23,26)(H,24,25);1H/t19-;/m0./s1. The smallest absolute Gasteiger partial charge is 0.240 e. The molecule has 4 N–H and O–H groups in total. The van der Waals surface area contributed by atoms with Crippen LogP contribution in [0, 0.1) is 5.92 Å². The lowest BCUT2D eigenvalue weighted by atomic mass is 9.84. The summed E-state index contributed by atoms with van der Waals surface area (Å²) in [7, 11) is 0. The predicted molar refractivity (Wildman–Crippen MR) is 111 cm³/mol. The second kappa shape index (κ2) is 10.1. The number of hydrogen-bond acceptors (Lipinski definition) is 3. The fraction of sp³-hybridized carbons (Fsp3) is 0.333. The summed E-state index contributed by atoms with van der Waals surface area (Å²) in [4.78, 5) is 24.5. The highest BCUT2D eigenvalue weighted by molar-refractivity contribution is 5.88. The fourth-order valence-electron chi connectivity index (χ4n) is 2.77. The van der Waals surface area contributed by atoms with E-state index in [1.54, 1.807) is 0 Å². The van der Waals surface area contributed by atoms with Crippen molar-refractivity contribution in [3.63, 3.8) is 0 Å². The minimum Gasteiger partial charge on any atom is -0.346 e. The maximum absolute atomic E-state index is 12.5. The van der Waals surface area contributed by atoms with Crippen LogP contribution in [0.4, 0.5) is 0 Å². The van der Waals surface area contributed by atoms with E-state index < -0.39 is 11.6 Å². The van der Waals surface area contributed by atoms with Gasteiger partial charge in [-0.2, -0.15) is 0 Å². The molecule has 6 heteroatoms. The maximum atomic E-state index is 12.5. The first-order valence-corrected chi connectivity index (χ1v) is 8.80. The zero-order valence-electron chi connectivity index (χ0n) is 15.9. The van der Waals surface area contributed by atoms with Crippen LogP contribution in [0.5, 0.6) is 0 Å². The topological polar surface area (TPSA) is 84.2 Å². The van der Waals surface area contributed by atoms with Crippen molar-refractivity contribution in [1.82, 2.24) is 10.6 Å². The lowest BCUT2D eigenvalue weighted by Crippen LogP contribution is -2.51. The number of nitrogens with two attached hydrogens (primary N) is 1. The van der Waals surface area contributed by atoms with Crippen LogP contribution in [0.2, 0.25) is 0 Å². The van der Waals surface area contributed by atoms with Crippen molar-refractivity contribution >= 4 is 24.2 Å². The summed E-state index contributed by atoms with van der Waals surface area (Å²) in [5.74, 6) is -0.585. The molecule has 27 heavy (non-hydrogen) atoms. The Morgan fingerprint density at radius 3 is 1.81 bits per heavy atom. The summed E-state index contributed by atoms with van der Waals surface area (Å²) >= 11 is 0. The minimum atomic E-state index is -0.704. The van der Waals surface area contributed by atoms with Crippen LogP contribution < -0.4 is 16.4 Å². The van der Waals surface area contributed by atoms with Crippen molar-refractivity contribution in [2.24, 2.45) is 11.7 Å². The summed E-state index contributed by atoms with van der Waals surface area (Å²) in [6.07, 6.45) is 0. The largest absolute Gasteiger partial charge is 0.346 e. The Labute approximate surface area is 167 Å². The molecule has 2 rings (SSSR count). The number of carbonyl (C=O) groups excluding carboxylic acids is 2. The van der Waals surface area contributed by atoms with Gasteiger partial charge in [0.05, 0.1) is 18.1 Å². The molecule has 5 nitrogen and oxygen atoms in total. The Balaban J connectivity index is 0.00000364. The number of carbonyl (C=O) groups is 2. The third-order valence-electron chi connectivity index (χ3n) is 4.54. The maximum Gasteiger partial charge on any atom is 0.240 e. The Hall–Kier alpha value is -2.37. The third-order valence-corrected chi connectivity index (χ3v) is 4.54. The molecule has 0 aliphatic heterocycles. The highest BCUT2D eigenvalue weighted by Crippen LogP contribution is 2.28. The van der Waals surface area contributed by atoms with Gasteiger partial charge in [0, 0.05) is 0 Å². The normalized spacial score (nSPS) is 12.0. The number of hydrogen-bond donors (Lipinski definition) is 3. The first-order valence-electron chi connectivity index (χ1n) is 8.80. The first kappa shape index (κ1) is 22.7. The molecule has 0 fully saturated rings. The zero-order chi connectivity index (χ0) is 19.2. The second-order valence-corrected chi connectivity index (χ2v) is 6.89. The van der Waals surface area contributed by atoms with Crippen molar-refractivity contribution in [2.45, 2.75) is 32.4 Å². The van der Waals surface area contributed by atoms with Crippen molar-refractivity contribution in [3.8, 4) is 0 Å². The average molecular weight is 390 g/mol. The molecule has 146 valence electrons. The van der Waals surface area contributed by atoms with Crippen LogP contribution in [-0.4, -0.2) is 24.4 Å². The van der Waals surface area contributed by atoms with E-state index in [1.807, 2.05) is 81.4 Å². The van der Waals surface area contributed by atoms with Crippen molar-refractivity contribution in [3.05, 3.63) is 71.8 Å². The summed E-state index contributed by atoms with van der Waals surface area (Å²) < 4.78 is 0. The Kier molecular flexibility index (Phi) is 8.47. The van der Waals surface area contributed by atoms with Crippen LogP contribution in [0.25, 0.3) is 0 Å². The molecule has 0 bridgehead atoms. The van der Waals surface area contributed by atoms with E-state index in [1.165, 1.54) is 0 Å². The SMILES string of the molecule is CC(C)[C@H](N)C(=O)NCC(=O)NC(C)(c1ccccc1)c1ccccc1.Cl. The Bertz CT molecular complexity index is 696. The van der Waals surface area contributed by atoms with Gasteiger partial charge in [-0.05, 0) is 24.0 Å². The molecule has 0 heterocycles. The molecule has 0 saturated carbocycles. The minimum absolute atomic E-state index is 0. The lowest BCUT2D eigenvalue weighted by Gasteiger charge is -2.32. The molecule has 2 amide bonds. The second-order valence-electron chi connectivity index (χ2n) is 6.89. The van der Waals surface area contributed by atoms with Gasteiger partial charge in [-0.15, -0.1) is 12.4 Å². The highest BCUT2D eigenvalue weighted by Gasteiger charge is 2.30. The molecule has 0 saturated heterocycles. The summed E-state index contributed by atoms with van der Waals surface area (Å²) in [6.45, 7) is 5.57. The highest BCUT2D eigenvalue weighted by atomic mass is 35.5. The number of amides is 2. The zero-order valence-corrected chi connectivity index (χ0v) is 16.8. The van der Waals surface area contributed by atoms with Crippen molar-refractivity contribution in [1.29, 1.82) is 0 Å². The van der Waals surface area contributed by atoms with Gasteiger partial charge in [-0.3, -0.25) is 9.59 Å². The molecule has 2 aromatic rings. The summed E-state index contributed by atoms with van der Waals surface area (Å²) in [6, 6.07) is 18.9. The van der Waals surface area contributed by atoms with Gasteiger partial charge in [0.2, 0.25) is 11.8 Å². The van der Waals surface area contributed by atoms with Crippen molar-refractivity contribution in [2.75, 3.05) is 6.54 Å². The molecular formula is C21H28ClN3O2. The van der Waals surface area contributed by atoms with Gasteiger partial charge >= 0.3 is 0 Å². The van der Waals surface area contributed by atoms with Gasteiger partial charge < -0.3 is 16.4 Å². The monoisotopic (exact) mass is 389 g/mol. The van der Waals surface area contributed by atoms with Crippen LogP contribution in [-0.2, 0) is 15.1 Å². The molecule has 0 unspecified atom stereocenters. The fourth-order valence-corrected chi connectivity index (χ4v) is 2.77. The number of benzene rings is 2. The van der Waals surface area contributed by atoms with Crippen LogP contribution >= 0.6 is 12.4 Å². The van der Waals surface area contributed by atoms with E-state index in [0.717, 1.165) is 11.1 Å². The molecule has 0 aliphatic rings. The molecular weight excluding hydrogens is 362 g/mol. The number of nitrogens with one attached hydrogen (secondary N) is 2. The third kappa shape index (κ3) is 5.81. The van der Waals surface area contributed by atoms with Gasteiger partial charge in [-0.1, -0.05) is 74.5 Å². The van der Waals surface area contributed by atoms with Gasteiger partial charge in [0.25, 0.3) is 0 Å². The Morgan fingerprint density at radius 2 is 1.41 bits per heavy atom. The molecule has 0 aromatic heterocycles. The van der Waals surface area contributed by atoms with Gasteiger partial charge in [0.15, 0.2) is 0 Å². The van der Waals surface area contributed by atoms with Gasteiger partial charge in [-0.25, -0.2) is 0 Å².